The summed E-state index contributed by atoms with van der Waals surface area (Å²) in [7, 11) is -3.24. The van der Waals surface area contributed by atoms with E-state index in [0.717, 1.165) is 63.3 Å². The van der Waals surface area contributed by atoms with E-state index in [9.17, 15) is 17.2 Å². The quantitative estimate of drug-likeness (QED) is 0.755. The third kappa shape index (κ3) is 3.82. The van der Waals surface area contributed by atoms with Gasteiger partial charge in [-0.1, -0.05) is 12.8 Å². The van der Waals surface area contributed by atoms with Crippen molar-refractivity contribution in [2.45, 2.75) is 80.5 Å². The first-order valence-corrected chi connectivity index (χ1v) is 12.9. The first-order chi connectivity index (χ1) is 14.9. The van der Waals surface area contributed by atoms with Gasteiger partial charge in [-0.05, 0) is 50.3 Å². The van der Waals surface area contributed by atoms with Crippen LogP contribution in [-0.4, -0.2) is 66.7 Å². The van der Waals surface area contributed by atoms with Gasteiger partial charge in [0, 0.05) is 42.8 Å². The van der Waals surface area contributed by atoms with Crippen LogP contribution in [0, 0.1) is 11.6 Å². The van der Waals surface area contributed by atoms with E-state index in [1.807, 2.05) is 0 Å². The molecule has 2 N–H and O–H groups in total. The lowest BCUT2D eigenvalue weighted by Crippen LogP contribution is -2.52. The number of nitrogens with two attached hydrogens (primary N) is 1. The largest absolute Gasteiger partial charge is 0.370 e. The van der Waals surface area contributed by atoms with Crippen LogP contribution in [0.2, 0.25) is 0 Å². The van der Waals surface area contributed by atoms with Crippen LogP contribution >= 0.6 is 0 Å². The third-order valence-corrected chi connectivity index (χ3v) is 10.2. The normalized spacial score (nSPS) is 35.6. The summed E-state index contributed by atoms with van der Waals surface area (Å²) >= 11 is 0. The number of ether oxygens (including phenoxy) is 1. The fourth-order valence-electron chi connectivity index (χ4n) is 6.26. The maximum atomic E-state index is 14.2. The minimum atomic E-state index is -3.24. The van der Waals surface area contributed by atoms with Crippen LogP contribution in [0.15, 0.2) is 18.2 Å². The van der Waals surface area contributed by atoms with Crippen molar-refractivity contribution in [3.63, 3.8) is 0 Å². The number of rotatable bonds is 4. The van der Waals surface area contributed by atoms with E-state index < -0.39 is 33.8 Å². The summed E-state index contributed by atoms with van der Waals surface area (Å²) in [5.41, 5.74) is 6.52. The Hall–Kier alpha value is -1.13. The van der Waals surface area contributed by atoms with Crippen molar-refractivity contribution in [2.75, 3.05) is 19.7 Å². The Kier molecular flexibility index (Phi) is 5.83. The highest BCUT2D eigenvalue weighted by atomic mass is 32.2. The highest BCUT2D eigenvalue weighted by Crippen LogP contribution is 2.40. The predicted octanol–water partition coefficient (Wildman–Crippen LogP) is 2.54. The fourth-order valence-corrected chi connectivity index (χ4v) is 8.55. The van der Waals surface area contributed by atoms with Crippen molar-refractivity contribution in [1.29, 1.82) is 0 Å². The number of halogens is 2. The Morgan fingerprint density at radius 1 is 1.03 bits per heavy atom. The molecule has 172 valence electrons. The van der Waals surface area contributed by atoms with Crippen LogP contribution in [0.3, 0.4) is 0 Å². The first-order valence-electron chi connectivity index (χ1n) is 11.4. The third-order valence-electron chi connectivity index (χ3n) is 7.75. The van der Waals surface area contributed by atoms with Crippen molar-refractivity contribution in [3.8, 4) is 0 Å². The standard InChI is InChI=1S/C22H31F2N3O3S/c23-14-5-6-18(24)17(11-14)22-19(25)12-15(13-30-22)26-9-7-21-20(26)8-10-27(21)31(28,29)16-3-1-2-4-16/h5-6,11,15-16,19-22H,1-4,7-10,12-13,25H2. The molecule has 1 aliphatic carbocycles. The number of hydrogen-bond donors (Lipinski definition) is 1. The van der Waals surface area contributed by atoms with Crippen LogP contribution in [0.25, 0.3) is 0 Å². The molecule has 3 saturated heterocycles. The topological polar surface area (TPSA) is 75.9 Å². The zero-order valence-corrected chi connectivity index (χ0v) is 18.4. The molecule has 0 amide bonds. The molecule has 3 heterocycles. The lowest BCUT2D eigenvalue weighted by molar-refractivity contribution is -0.0545. The van der Waals surface area contributed by atoms with Crippen molar-refractivity contribution in [2.24, 2.45) is 5.73 Å². The molecule has 6 nitrogen and oxygen atoms in total. The molecule has 5 unspecified atom stereocenters. The monoisotopic (exact) mass is 455 g/mol. The molecule has 4 fully saturated rings. The second-order valence-corrected chi connectivity index (χ2v) is 11.7. The summed E-state index contributed by atoms with van der Waals surface area (Å²) in [4.78, 5) is 2.35. The molecular weight excluding hydrogens is 424 g/mol. The van der Waals surface area contributed by atoms with Crippen LogP contribution in [-0.2, 0) is 14.8 Å². The number of hydrogen-bond acceptors (Lipinski definition) is 5. The van der Waals surface area contributed by atoms with E-state index in [0.29, 0.717) is 19.6 Å². The molecule has 0 aromatic heterocycles. The van der Waals surface area contributed by atoms with Crippen molar-refractivity contribution in [3.05, 3.63) is 35.4 Å². The van der Waals surface area contributed by atoms with E-state index in [-0.39, 0.29) is 28.9 Å². The van der Waals surface area contributed by atoms with Gasteiger partial charge in [-0.2, -0.15) is 4.31 Å². The van der Waals surface area contributed by atoms with Gasteiger partial charge in [0.05, 0.1) is 11.9 Å². The molecule has 5 rings (SSSR count). The van der Waals surface area contributed by atoms with Crippen LogP contribution in [0.1, 0.15) is 56.6 Å². The summed E-state index contributed by atoms with van der Waals surface area (Å²) in [6.45, 7) is 1.78. The Morgan fingerprint density at radius 3 is 2.52 bits per heavy atom. The molecule has 0 bridgehead atoms. The van der Waals surface area contributed by atoms with Crippen molar-refractivity contribution >= 4 is 10.0 Å². The number of nitrogens with zero attached hydrogens (tertiary/aromatic N) is 2. The fraction of sp³-hybridized carbons (Fsp3) is 0.727. The number of sulfonamides is 1. The summed E-state index contributed by atoms with van der Waals surface area (Å²) in [6.07, 6.45) is 5.15. The van der Waals surface area contributed by atoms with E-state index in [1.54, 1.807) is 4.31 Å². The van der Waals surface area contributed by atoms with E-state index in [4.69, 9.17) is 10.5 Å². The van der Waals surface area contributed by atoms with Crippen molar-refractivity contribution in [1.82, 2.24) is 9.21 Å². The molecule has 0 spiro atoms. The first kappa shape index (κ1) is 21.7. The molecular formula is C22H31F2N3O3S. The maximum absolute atomic E-state index is 14.2. The second kappa shape index (κ2) is 8.33. The van der Waals surface area contributed by atoms with Crippen molar-refractivity contribution < 1.29 is 21.9 Å². The highest BCUT2D eigenvalue weighted by molar-refractivity contribution is 7.89. The minimum absolute atomic E-state index is 0.0280. The average molecular weight is 456 g/mol. The van der Waals surface area contributed by atoms with E-state index in [1.165, 1.54) is 0 Å². The summed E-state index contributed by atoms with van der Waals surface area (Å²) in [6, 6.07) is 3.18. The number of likely N-dealkylation sites (tertiary alicyclic amines) is 1. The predicted molar refractivity (Wildman–Crippen MR) is 113 cm³/mol. The van der Waals surface area contributed by atoms with Gasteiger partial charge in [0.15, 0.2) is 0 Å². The average Bonchev–Trinajstić information content (AvgIpc) is 3.47. The van der Waals surface area contributed by atoms with Gasteiger partial charge < -0.3 is 10.5 Å². The van der Waals surface area contributed by atoms with Gasteiger partial charge in [-0.3, -0.25) is 4.90 Å². The zero-order chi connectivity index (χ0) is 21.8. The van der Waals surface area contributed by atoms with Gasteiger partial charge in [-0.15, -0.1) is 0 Å². The Balaban J connectivity index is 1.26. The van der Waals surface area contributed by atoms with Gasteiger partial charge >= 0.3 is 0 Å². The number of benzene rings is 1. The lowest BCUT2D eigenvalue weighted by Gasteiger charge is -2.40. The molecule has 9 heteroatoms. The van der Waals surface area contributed by atoms with E-state index >= 15 is 0 Å². The minimum Gasteiger partial charge on any atom is -0.370 e. The van der Waals surface area contributed by atoms with Crippen LogP contribution < -0.4 is 5.73 Å². The van der Waals surface area contributed by atoms with E-state index in [2.05, 4.69) is 4.90 Å². The molecule has 1 aromatic rings. The SMILES string of the molecule is NC1CC(N2CCC3C2CCN3S(=O)(=O)C2CCCC2)COC1c1cc(F)ccc1F. The summed E-state index contributed by atoms with van der Waals surface area (Å²) in [5, 5.41) is -0.214. The second-order valence-electron chi connectivity index (χ2n) is 9.49. The van der Waals surface area contributed by atoms with Gasteiger partial charge in [0.1, 0.15) is 17.7 Å². The Bertz CT molecular complexity index is 925. The molecule has 3 aliphatic heterocycles. The van der Waals surface area contributed by atoms with Crippen LogP contribution in [0.5, 0.6) is 0 Å². The lowest BCUT2D eigenvalue weighted by atomic mass is 9.93. The molecule has 4 aliphatic rings. The Morgan fingerprint density at radius 2 is 1.77 bits per heavy atom. The van der Waals surface area contributed by atoms with Crippen LogP contribution in [0.4, 0.5) is 8.78 Å². The van der Waals surface area contributed by atoms with Gasteiger partial charge in [0.2, 0.25) is 10.0 Å². The molecule has 5 atom stereocenters. The molecule has 0 radical (unpaired) electrons. The summed E-state index contributed by atoms with van der Waals surface area (Å²) < 4.78 is 61.9. The molecule has 1 saturated carbocycles. The number of fused-ring (bicyclic) bond motifs is 1. The molecule has 1 aromatic carbocycles. The van der Waals surface area contributed by atoms with Gasteiger partial charge in [-0.25, -0.2) is 17.2 Å². The molecule has 31 heavy (non-hydrogen) atoms. The smallest absolute Gasteiger partial charge is 0.217 e. The van der Waals surface area contributed by atoms with Gasteiger partial charge in [0.25, 0.3) is 0 Å². The summed E-state index contributed by atoms with van der Waals surface area (Å²) in [5.74, 6) is -1.02. The maximum Gasteiger partial charge on any atom is 0.217 e. The zero-order valence-electron chi connectivity index (χ0n) is 17.6. The Labute approximate surface area is 182 Å². The highest BCUT2D eigenvalue weighted by Gasteiger charge is 2.51.